The number of aliphatic hydroxyl groups is 1. The summed E-state index contributed by atoms with van der Waals surface area (Å²) in [6, 6.07) is 11.1. The normalized spacial score (nSPS) is 16.3. The number of hydrogen-bond acceptors (Lipinski definition) is 5. The van der Waals surface area contributed by atoms with E-state index in [1.807, 2.05) is 4.90 Å². The van der Waals surface area contributed by atoms with Crippen molar-refractivity contribution in [3.05, 3.63) is 76.6 Å². The Labute approximate surface area is 168 Å². The first-order valence-electron chi connectivity index (χ1n) is 9.59. The fourth-order valence-electron chi connectivity index (χ4n) is 3.69. The van der Waals surface area contributed by atoms with Gasteiger partial charge in [-0.2, -0.15) is 0 Å². The van der Waals surface area contributed by atoms with Gasteiger partial charge >= 0.3 is 0 Å². The van der Waals surface area contributed by atoms with Crippen molar-refractivity contribution < 1.29 is 9.50 Å². The van der Waals surface area contributed by atoms with Crippen LogP contribution in [0.4, 0.5) is 10.3 Å². The molecule has 0 aliphatic carbocycles. The highest BCUT2D eigenvalue weighted by atomic mass is 19.1. The summed E-state index contributed by atoms with van der Waals surface area (Å²) in [6.45, 7) is 4.86. The van der Waals surface area contributed by atoms with Gasteiger partial charge in [-0.15, -0.1) is 0 Å². The minimum absolute atomic E-state index is 0.137. The summed E-state index contributed by atoms with van der Waals surface area (Å²) < 4.78 is 15.2. The third kappa shape index (κ3) is 3.78. The maximum absolute atomic E-state index is 13.6. The SMILES string of the molecule is CC1(C)CCn2c(nc(-c3ccncc3)cc2=O)N1CC(O)c1cccc(F)c1. The number of pyridine rings is 1. The topological polar surface area (TPSA) is 71.2 Å². The second-order valence-electron chi connectivity index (χ2n) is 7.91. The lowest BCUT2D eigenvalue weighted by molar-refractivity contribution is 0.168. The summed E-state index contributed by atoms with van der Waals surface area (Å²) in [5, 5.41) is 10.8. The molecular weight excluding hydrogens is 371 g/mol. The van der Waals surface area contributed by atoms with Crippen molar-refractivity contribution in [3.8, 4) is 11.3 Å². The van der Waals surface area contributed by atoms with E-state index in [1.165, 1.54) is 18.2 Å². The van der Waals surface area contributed by atoms with Gasteiger partial charge in [0.25, 0.3) is 5.56 Å². The van der Waals surface area contributed by atoms with Gasteiger partial charge in [0.2, 0.25) is 5.95 Å². The lowest BCUT2D eigenvalue weighted by atomic mass is 9.95. The van der Waals surface area contributed by atoms with E-state index in [1.54, 1.807) is 41.2 Å². The average Bonchev–Trinajstić information content (AvgIpc) is 2.70. The summed E-state index contributed by atoms with van der Waals surface area (Å²) in [7, 11) is 0. The van der Waals surface area contributed by atoms with Crippen LogP contribution in [0.3, 0.4) is 0 Å². The van der Waals surface area contributed by atoms with E-state index >= 15 is 0 Å². The molecule has 0 bridgehead atoms. The number of β-amino-alcohol motifs (C(OH)–C–C–N with tert-alkyl or cyclic N) is 1. The third-order valence-corrected chi connectivity index (χ3v) is 5.47. The average molecular weight is 394 g/mol. The molecule has 2 aromatic heterocycles. The van der Waals surface area contributed by atoms with Gasteiger partial charge < -0.3 is 10.0 Å². The monoisotopic (exact) mass is 394 g/mol. The van der Waals surface area contributed by atoms with E-state index in [9.17, 15) is 14.3 Å². The first-order valence-corrected chi connectivity index (χ1v) is 9.59. The molecule has 0 saturated carbocycles. The van der Waals surface area contributed by atoms with Crippen LogP contribution < -0.4 is 10.5 Å². The summed E-state index contributed by atoms with van der Waals surface area (Å²) in [5.41, 5.74) is 1.39. The Bertz CT molecular complexity index is 1080. The summed E-state index contributed by atoms with van der Waals surface area (Å²) >= 11 is 0. The molecule has 1 N–H and O–H groups in total. The summed E-state index contributed by atoms with van der Waals surface area (Å²) in [6.07, 6.45) is 3.12. The standard InChI is InChI=1S/C22H23FN4O2/c1-22(2)8-11-26-20(29)13-18(15-6-9-24-10-7-15)25-21(26)27(22)14-19(28)16-4-3-5-17(23)12-16/h3-7,9-10,12-13,19,28H,8,11,14H2,1-2H3. The Kier molecular flexibility index (Phi) is 4.92. The lowest BCUT2D eigenvalue weighted by Crippen LogP contribution is -2.53. The zero-order chi connectivity index (χ0) is 20.6. The van der Waals surface area contributed by atoms with Crippen molar-refractivity contribution in [2.75, 3.05) is 11.4 Å². The smallest absolute Gasteiger partial charge is 0.255 e. The molecule has 1 unspecified atom stereocenters. The van der Waals surface area contributed by atoms with Crippen LogP contribution in [-0.4, -0.2) is 31.7 Å². The Morgan fingerprint density at radius 2 is 1.97 bits per heavy atom. The van der Waals surface area contributed by atoms with E-state index in [4.69, 9.17) is 4.98 Å². The van der Waals surface area contributed by atoms with E-state index in [-0.39, 0.29) is 17.6 Å². The molecule has 0 radical (unpaired) electrons. The van der Waals surface area contributed by atoms with Gasteiger partial charge in [0.05, 0.1) is 18.3 Å². The van der Waals surface area contributed by atoms with Crippen LogP contribution >= 0.6 is 0 Å². The fourth-order valence-corrected chi connectivity index (χ4v) is 3.69. The highest BCUT2D eigenvalue weighted by Gasteiger charge is 2.36. The molecular formula is C22H23FN4O2. The molecule has 29 heavy (non-hydrogen) atoms. The molecule has 1 aliphatic rings. The number of aromatic nitrogens is 3. The molecule has 4 rings (SSSR count). The minimum Gasteiger partial charge on any atom is -0.387 e. The molecule has 0 amide bonds. The highest BCUT2D eigenvalue weighted by Crippen LogP contribution is 2.33. The first-order chi connectivity index (χ1) is 13.8. The Balaban J connectivity index is 1.76. The van der Waals surface area contributed by atoms with Gasteiger partial charge in [-0.05, 0) is 50.1 Å². The molecule has 3 aromatic rings. The number of aliphatic hydroxyl groups excluding tert-OH is 1. The second kappa shape index (κ2) is 7.40. The van der Waals surface area contributed by atoms with Gasteiger partial charge in [-0.1, -0.05) is 12.1 Å². The van der Waals surface area contributed by atoms with Crippen LogP contribution in [-0.2, 0) is 6.54 Å². The maximum atomic E-state index is 13.6. The van der Waals surface area contributed by atoms with Crippen LogP contribution in [0.15, 0.2) is 59.7 Å². The molecule has 1 aliphatic heterocycles. The summed E-state index contributed by atoms with van der Waals surface area (Å²) in [4.78, 5) is 23.5. The van der Waals surface area contributed by atoms with Crippen LogP contribution in [0.25, 0.3) is 11.3 Å². The van der Waals surface area contributed by atoms with Crippen LogP contribution in [0.1, 0.15) is 31.9 Å². The number of nitrogens with zero attached hydrogens (tertiary/aromatic N) is 4. The van der Waals surface area contributed by atoms with Gasteiger partial charge in [0.15, 0.2) is 0 Å². The quantitative estimate of drug-likeness (QED) is 0.736. The molecule has 0 spiro atoms. The number of benzene rings is 1. The molecule has 3 heterocycles. The van der Waals surface area contributed by atoms with Crippen molar-refractivity contribution in [1.82, 2.24) is 14.5 Å². The lowest BCUT2D eigenvalue weighted by Gasteiger charge is -2.45. The van der Waals surface area contributed by atoms with Gasteiger partial charge in [-0.3, -0.25) is 14.3 Å². The first kappa shape index (κ1) is 19.3. The molecule has 1 atom stereocenters. The molecule has 0 fully saturated rings. The highest BCUT2D eigenvalue weighted by molar-refractivity contribution is 5.60. The number of anilines is 1. The van der Waals surface area contributed by atoms with E-state index in [0.717, 1.165) is 12.0 Å². The molecule has 150 valence electrons. The minimum atomic E-state index is -0.919. The zero-order valence-corrected chi connectivity index (χ0v) is 16.4. The second-order valence-corrected chi connectivity index (χ2v) is 7.91. The Hall–Kier alpha value is -3.06. The predicted octanol–water partition coefficient (Wildman–Crippen LogP) is 3.17. The number of halogens is 1. The largest absolute Gasteiger partial charge is 0.387 e. The van der Waals surface area contributed by atoms with E-state index in [2.05, 4.69) is 18.8 Å². The Morgan fingerprint density at radius 3 is 2.69 bits per heavy atom. The van der Waals surface area contributed by atoms with Gasteiger partial charge in [-0.25, -0.2) is 9.37 Å². The Morgan fingerprint density at radius 1 is 1.21 bits per heavy atom. The number of rotatable bonds is 4. The van der Waals surface area contributed by atoms with Crippen molar-refractivity contribution in [2.24, 2.45) is 0 Å². The predicted molar refractivity (Wildman–Crippen MR) is 109 cm³/mol. The van der Waals surface area contributed by atoms with E-state index in [0.29, 0.717) is 23.8 Å². The van der Waals surface area contributed by atoms with Crippen LogP contribution in [0.5, 0.6) is 0 Å². The van der Waals surface area contributed by atoms with Crippen molar-refractivity contribution >= 4 is 5.95 Å². The van der Waals surface area contributed by atoms with Gasteiger partial charge in [0.1, 0.15) is 5.82 Å². The third-order valence-electron chi connectivity index (χ3n) is 5.47. The van der Waals surface area contributed by atoms with Crippen LogP contribution in [0, 0.1) is 5.82 Å². The van der Waals surface area contributed by atoms with Crippen molar-refractivity contribution in [2.45, 2.75) is 38.5 Å². The fraction of sp³-hybridized carbons (Fsp3) is 0.318. The van der Waals surface area contributed by atoms with Crippen molar-refractivity contribution in [1.29, 1.82) is 0 Å². The molecule has 0 saturated heterocycles. The molecule has 6 nitrogen and oxygen atoms in total. The van der Waals surface area contributed by atoms with E-state index < -0.39 is 11.9 Å². The number of hydrogen-bond donors (Lipinski definition) is 1. The van der Waals surface area contributed by atoms with Gasteiger partial charge in [0, 0.05) is 36.1 Å². The van der Waals surface area contributed by atoms with Crippen LogP contribution in [0.2, 0.25) is 0 Å². The van der Waals surface area contributed by atoms with Crippen molar-refractivity contribution in [3.63, 3.8) is 0 Å². The zero-order valence-electron chi connectivity index (χ0n) is 16.4. The summed E-state index contributed by atoms with van der Waals surface area (Å²) in [5.74, 6) is 0.116. The molecule has 1 aromatic carbocycles. The molecule has 7 heteroatoms. The number of fused-ring (bicyclic) bond motifs is 1. The maximum Gasteiger partial charge on any atom is 0.255 e.